The number of benzene rings is 1. The van der Waals surface area contributed by atoms with E-state index >= 15 is 0 Å². The van der Waals surface area contributed by atoms with Crippen LogP contribution in [0.1, 0.15) is 37.1 Å². The average Bonchev–Trinajstić information content (AvgIpc) is 3.30. The lowest BCUT2D eigenvalue weighted by Crippen LogP contribution is -2.41. The zero-order chi connectivity index (χ0) is 20.1. The van der Waals surface area contributed by atoms with E-state index in [-0.39, 0.29) is 5.91 Å². The second-order valence-corrected chi connectivity index (χ2v) is 8.42. The summed E-state index contributed by atoms with van der Waals surface area (Å²) in [6.45, 7) is 4.75. The maximum absolute atomic E-state index is 13.4. The van der Waals surface area contributed by atoms with Gasteiger partial charge in [0.05, 0.1) is 17.1 Å². The number of hydrogen-bond acceptors (Lipinski definition) is 3. The first-order chi connectivity index (χ1) is 13.5. The third-order valence-corrected chi connectivity index (χ3v) is 6.18. The molecule has 0 saturated heterocycles. The molecule has 2 unspecified atom stereocenters. The molecule has 2 aromatic rings. The van der Waals surface area contributed by atoms with Crippen molar-refractivity contribution in [2.75, 3.05) is 17.3 Å². The number of hydrogen-bond donors (Lipinski definition) is 1. The van der Waals surface area contributed by atoms with Gasteiger partial charge in [0.2, 0.25) is 5.60 Å². The number of allylic oxidation sites excluding steroid dienone is 2. The fraction of sp³-hybridized carbons (Fsp3) is 0.348. The Hall–Kier alpha value is -1.88. The molecule has 2 heterocycles. The molecule has 3 nitrogen and oxygen atoms in total. The van der Waals surface area contributed by atoms with Crippen molar-refractivity contribution in [3.63, 3.8) is 0 Å². The van der Waals surface area contributed by atoms with Crippen LogP contribution in [0.25, 0.3) is 0 Å². The van der Waals surface area contributed by atoms with Gasteiger partial charge in [0.25, 0.3) is 5.91 Å². The minimum absolute atomic E-state index is 0.301. The number of anilines is 1. The van der Waals surface area contributed by atoms with Crippen molar-refractivity contribution in [2.24, 2.45) is 5.92 Å². The van der Waals surface area contributed by atoms with Gasteiger partial charge < -0.3 is 10.0 Å². The monoisotopic (exact) mass is 415 g/mol. The van der Waals surface area contributed by atoms with Gasteiger partial charge in [0.15, 0.2) is 0 Å². The third-order valence-electron chi connectivity index (χ3n) is 5.02. The molecule has 1 aliphatic heterocycles. The van der Waals surface area contributed by atoms with Gasteiger partial charge in [-0.25, -0.2) is 0 Å². The van der Waals surface area contributed by atoms with Crippen molar-refractivity contribution in [3.8, 4) is 0 Å². The normalized spacial score (nSPS) is 20.8. The SMILES string of the molecule is CCCC(C)/C=C(\C=C/CCl)CN1C(=O)C(O)(c2cccs2)c2ccccc21. The highest BCUT2D eigenvalue weighted by Crippen LogP contribution is 2.45. The van der Waals surface area contributed by atoms with E-state index in [1.54, 1.807) is 4.90 Å². The molecule has 0 radical (unpaired) electrons. The zero-order valence-electron chi connectivity index (χ0n) is 16.3. The van der Waals surface area contributed by atoms with Gasteiger partial charge >= 0.3 is 0 Å². The van der Waals surface area contributed by atoms with Crippen LogP contribution >= 0.6 is 22.9 Å². The molecular formula is C23H26ClNO2S. The van der Waals surface area contributed by atoms with Crippen molar-refractivity contribution in [1.29, 1.82) is 0 Å². The predicted octanol–water partition coefficient (Wildman–Crippen LogP) is 5.49. The molecule has 1 aromatic heterocycles. The van der Waals surface area contributed by atoms with Crippen LogP contribution in [0.5, 0.6) is 0 Å². The van der Waals surface area contributed by atoms with Gasteiger partial charge in [-0.2, -0.15) is 0 Å². The molecule has 0 spiro atoms. The molecule has 5 heteroatoms. The summed E-state index contributed by atoms with van der Waals surface area (Å²) in [6.07, 6.45) is 8.27. The van der Waals surface area contributed by atoms with Gasteiger partial charge in [-0.3, -0.25) is 4.79 Å². The number of fused-ring (bicyclic) bond motifs is 1. The van der Waals surface area contributed by atoms with Crippen LogP contribution in [0, 0.1) is 5.92 Å². The van der Waals surface area contributed by atoms with E-state index < -0.39 is 5.60 Å². The van der Waals surface area contributed by atoms with E-state index in [4.69, 9.17) is 11.6 Å². The van der Waals surface area contributed by atoms with Crippen LogP contribution in [-0.2, 0) is 10.4 Å². The Morgan fingerprint density at radius 1 is 1.32 bits per heavy atom. The fourth-order valence-corrected chi connectivity index (χ4v) is 4.68. The van der Waals surface area contributed by atoms with Crippen molar-refractivity contribution in [2.45, 2.75) is 32.3 Å². The number of halogens is 1. The number of para-hydroxylation sites is 1. The first-order valence-electron chi connectivity index (χ1n) is 9.63. The summed E-state index contributed by atoms with van der Waals surface area (Å²) < 4.78 is 0. The molecule has 0 bridgehead atoms. The Labute approximate surface area is 176 Å². The molecule has 3 rings (SSSR count). The smallest absolute Gasteiger partial charge is 0.269 e. The summed E-state index contributed by atoms with van der Waals surface area (Å²) in [5, 5.41) is 13.3. The van der Waals surface area contributed by atoms with E-state index in [2.05, 4.69) is 19.9 Å². The van der Waals surface area contributed by atoms with E-state index in [0.29, 0.717) is 28.8 Å². The predicted molar refractivity (Wildman–Crippen MR) is 118 cm³/mol. The van der Waals surface area contributed by atoms with Crippen molar-refractivity contribution >= 4 is 34.5 Å². The second-order valence-electron chi connectivity index (χ2n) is 7.16. The summed E-state index contributed by atoms with van der Waals surface area (Å²) >= 11 is 7.24. The lowest BCUT2D eigenvalue weighted by atomic mass is 9.94. The number of carbonyl (C=O) groups is 1. The van der Waals surface area contributed by atoms with Crippen LogP contribution in [-0.4, -0.2) is 23.4 Å². The van der Waals surface area contributed by atoms with Crippen LogP contribution in [0.3, 0.4) is 0 Å². The molecule has 1 N–H and O–H groups in total. The summed E-state index contributed by atoms with van der Waals surface area (Å²) in [5.74, 6) is 0.525. The number of amides is 1. The molecule has 0 aliphatic carbocycles. The van der Waals surface area contributed by atoms with E-state index in [0.717, 1.165) is 24.1 Å². The highest BCUT2D eigenvalue weighted by molar-refractivity contribution is 7.10. The number of nitrogens with zero attached hydrogens (tertiary/aromatic N) is 1. The van der Waals surface area contributed by atoms with Gasteiger partial charge in [0, 0.05) is 11.4 Å². The number of rotatable bonds is 8. The Balaban J connectivity index is 1.99. The number of carbonyl (C=O) groups excluding carboxylic acids is 1. The Morgan fingerprint density at radius 2 is 2.11 bits per heavy atom. The summed E-state index contributed by atoms with van der Waals surface area (Å²) in [5.41, 5.74) is 0.808. The minimum atomic E-state index is -1.62. The van der Waals surface area contributed by atoms with Crippen LogP contribution in [0.2, 0.25) is 0 Å². The Kier molecular flexibility index (Phi) is 6.76. The Morgan fingerprint density at radius 3 is 2.79 bits per heavy atom. The summed E-state index contributed by atoms with van der Waals surface area (Å²) in [6, 6.07) is 11.2. The summed E-state index contributed by atoms with van der Waals surface area (Å²) in [7, 11) is 0. The highest BCUT2D eigenvalue weighted by atomic mass is 35.5. The maximum Gasteiger partial charge on any atom is 0.269 e. The molecule has 1 aromatic carbocycles. The quantitative estimate of drug-likeness (QED) is 0.457. The molecule has 1 amide bonds. The largest absolute Gasteiger partial charge is 0.371 e. The number of thiophene rings is 1. The lowest BCUT2D eigenvalue weighted by molar-refractivity contribution is -0.131. The highest BCUT2D eigenvalue weighted by Gasteiger charge is 2.51. The number of alkyl halides is 1. The lowest BCUT2D eigenvalue weighted by Gasteiger charge is -2.23. The van der Waals surface area contributed by atoms with Gasteiger partial charge in [0.1, 0.15) is 0 Å². The maximum atomic E-state index is 13.4. The fourth-order valence-electron chi connectivity index (χ4n) is 3.76. The molecule has 148 valence electrons. The van der Waals surface area contributed by atoms with Gasteiger partial charge in [-0.15, -0.1) is 22.9 Å². The van der Waals surface area contributed by atoms with Crippen LogP contribution in [0.15, 0.2) is 65.6 Å². The van der Waals surface area contributed by atoms with E-state index in [1.807, 2.05) is 53.9 Å². The molecule has 0 saturated carbocycles. The van der Waals surface area contributed by atoms with Crippen LogP contribution < -0.4 is 4.90 Å². The standard InChI is InChI=1S/C23H26ClNO2S/c1-3-8-17(2)15-18(9-6-13-24)16-25-20-11-5-4-10-19(20)23(27,22(25)26)21-12-7-14-28-21/h4-7,9-12,14-15,17,27H,3,8,13,16H2,1-2H3/b9-6-,18-15+. The molecule has 28 heavy (non-hydrogen) atoms. The molecular weight excluding hydrogens is 390 g/mol. The first-order valence-corrected chi connectivity index (χ1v) is 11.0. The Bertz CT molecular complexity index is 874. The molecule has 2 atom stereocenters. The van der Waals surface area contributed by atoms with Gasteiger partial charge in [-0.05, 0) is 35.4 Å². The topological polar surface area (TPSA) is 40.5 Å². The first kappa shape index (κ1) is 20.8. The zero-order valence-corrected chi connectivity index (χ0v) is 17.8. The molecule has 0 fully saturated rings. The molecule has 1 aliphatic rings. The van der Waals surface area contributed by atoms with Crippen molar-refractivity contribution in [3.05, 3.63) is 76.0 Å². The number of aliphatic hydroxyl groups is 1. The summed E-state index contributed by atoms with van der Waals surface area (Å²) in [4.78, 5) is 15.7. The second kappa shape index (κ2) is 9.08. The minimum Gasteiger partial charge on any atom is -0.371 e. The third kappa shape index (κ3) is 3.95. The van der Waals surface area contributed by atoms with Crippen molar-refractivity contribution in [1.82, 2.24) is 0 Å². The van der Waals surface area contributed by atoms with E-state index in [9.17, 15) is 9.90 Å². The van der Waals surface area contributed by atoms with Crippen molar-refractivity contribution < 1.29 is 9.90 Å². The van der Waals surface area contributed by atoms with E-state index in [1.165, 1.54) is 11.3 Å². The van der Waals surface area contributed by atoms with Crippen LogP contribution in [0.4, 0.5) is 5.69 Å². The average molecular weight is 416 g/mol. The van der Waals surface area contributed by atoms with Gasteiger partial charge in [-0.1, -0.05) is 62.8 Å².